The Labute approximate surface area is 178 Å². The Morgan fingerprint density at radius 2 is 1.83 bits per heavy atom. The van der Waals surface area contributed by atoms with Crippen LogP contribution in [0.1, 0.15) is 28.8 Å². The average Bonchev–Trinajstić information content (AvgIpc) is 3.36. The van der Waals surface area contributed by atoms with Gasteiger partial charge in [-0.1, -0.05) is 42.1 Å². The number of ketones is 1. The Morgan fingerprint density at radius 1 is 1.07 bits per heavy atom. The number of anilines is 1. The molecule has 2 heterocycles. The minimum Gasteiger partial charge on any atom is -0.312 e. The third-order valence-corrected chi connectivity index (χ3v) is 6.07. The third-order valence-electron chi connectivity index (χ3n) is 5.10. The van der Waals surface area contributed by atoms with Gasteiger partial charge in [0, 0.05) is 30.8 Å². The van der Waals surface area contributed by atoms with Crippen LogP contribution < -0.4 is 10.6 Å². The highest BCUT2D eigenvalue weighted by molar-refractivity contribution is 7.99. The number of nitrogens with one attached hydrogen (secondary N) is 1. The molecule has 4 rings (SSSR count). The first kappa shape index (κ1) is 20.2. The summed E-state index contributed by atoms with van der Waals surface area (Å²) in [5, 5.41) is 7.03. The molecule has 0 bridgehead atoms. The molecule has 1 aliphatic heterocycles. The van der Waals surface area contributed by atoms with Crippen LogP contribution in [0, 0.1) is 0 Å². The van der Waals surface area contributed by atoms with E-state index in [0.717, 1.165) is 24.2 Å². The Morgan fingerprint density at radius 3 is 2.53 bits per heavy atom. The zero-order valence-electron chi connectivity index (χ0n) is 16.4. The van der Waals surface area contributed by atoms with Gasteiger partial charge < -0.3 is 4.90 Å². The average molecular weight is 423 g/mol. The Hall–Kier alpha value is -3.13. The standard InChI is InChI=1S/C22H22N4O3S/c27-19(17-8-10-18(11-9-17)25-13-4-7-20(25)28)15-30-22-24-23-21(29)26(22)14-12-16-5-2-1-3-6-16/h1-3,5-6,8-11H,4,7,12-15H2,(H,23,29). The third kappa shape index (κ3) is 4.54. The molecule has 1 aromatic heterocycles. The lowest BCUT2D eigenvalue weighted by Gasteiger charge is -2.15. The van der Waals surface area contributed by atoms with Crippen LogP contribution in [0.3, 0.4) is 0 Å². The van der Waals surface area contributed by atoms with Crippen molar-refractivity contribution in [1.82, 2.24) is 14.8 Å². The van der Waals surface area contributed by atoms with Gasteiger partial charge in [0.2, 0.25) is 5.91 Å². The normalized spacial score (nSPS) is 13.7. The van der Waals surface area contributed by atoms with Crippen molar-refractivity contribution in [3.63, 3.8) is 0 Å². The number of carbonyl (C=O) groups is 2. The summed E-state index contributed by atoms with van der Waals surface area (Å²) in [4.78, 5) is 38.3. The molecule has 0 aliphatic carbocycles. The summed E-state index contributed by atoms with van der Waals surface area (Å²) < 4.78 is 1.56. The smallest absolute Gasteiger partial charge is 0.312 e. The molecule has 1 N–H and O–H groups in total. The highest BCUT2D eigenvalue weighted by Crippen LogP contribution is 2.23. The van der Waals surface area contributed by atoms with E-state index in [2.05, 4.69) is 10.2 Å². The molecule has 1 amide bonds. The van der Waals surface area contributed by atoms with Crippen molar-refractivity contribution in [3.8, 4) is 0 Å². The second-order valence-corrected chi connectivity index (χ2v) is 8.05. The van der Waals surface area contributed by atoms with Crippen LogP contribution in [0.2, 0.25) is 0 Å². The quantitative estimate of drug-likeness (QED) is 0.445. The van der Waals surface area contributed by atoms with Crippen LogP contribution >= 0.6 is 11.8 Å². The van der Waals surface area contributed by atoms with Gasteiger partial charge in [-0.15, -0.1) is 5.10 Å². The number of aromatic amines is 1. The lowest BCUT2D eigenvalue weighted by molar-refractivity contribution is -0.117. The maximum Gasteiger partial charge on any atom is 0.343 e. The van der Waals surface area contributed by atoms with E-state index in [4.69, 9.17) is 0 Å². The lowest BCUT2D eigenvalue weighted by atomic mass is 10.1. The number of Topliss-reactive ketones (excluding diaryl/α,β-unsaturated/α-hetero) is 1. The number of benzene rings is 2. The Balaban J connectivity index is 1.37. The number of aromatic nitrogens is 3. The van der Waals surface area contributed by atoms with E-state index in [-0.39, 0.29) is 23.1 Å². The molecule has 3 aromatic rings. The monoisotopic (exact) mass is 422 g/mol. The lowest BCUT2D eigenvalue weighted by Crippen LogP contribution is -2.23. The largest absolute Gasteiger partial charge is 0.343 e. The van der Waals surface area contributed by atoms with Gasteiger partial charge in [-0.2, -0.15) is 0 Å². The molecule has 1 aliphatic rings. The fourth-order valence-electron chi connectivity index (χ4n) is 3.46. The zero-order chi connectivity index (χ0) is 20.9. The number of thioether (sulfide) groups is 1. The van der Waals surface area contributed by atoms with Crippen molar-refractivity contribution in [3.05, 3.63) is 76.2 Å². The summed E-state index contributed by atoms with van der Waals surface area (Å²) in [6.07, 6.45) is 2.15. The maximum absolute atomic E-state index is 12.6. The molecule has 0 saturated carbocycles. The van der Waals surface area contributed by atoms with Gasteiger partial charge in [0.05, 0.1) is 5.75 Å². The molecule has 2 aromatic carbocycles. The van der Waals surface area contributed by atoms with Crippen molar-refractivity contribution < 1.29 is 9.59 Å². The molecule has 0 atom stereocenters. The zero-order valence-corrected chi connectivity index (χ0v) is 17.2. The van der Waals surface area contributed by atoms with Gasteiger partial charge in [-0.05, 0) is 42.7 Å². The summed E-state index contributed by atoms with van der Waals surface area (Å²) in [6.45, 7) is 1.22. The topological polar surface area (TPSA) is 88.1 Å². The van der Waals surface area contributed by atoms with E-state index in [1.54, 1.807) is 21.6 Å². The van der Waals surface area contributed by atoms with Crippen LogP contribution in [-0.4, -0.2) is 38.8 Å². The molecule has 154 valence electrons. The molecule has 1 saturated heterocycles. The summed E-state index contributed by atoms with van der Waals surface area (Å²) in [5.74, 6) is 0.249. The molecule has 0 unspecified atom stereocenters. The van der Waals surface area contributed by atoms with Gasteiger partial charge in [-0.25, -0.2) is 9.89 Å². The summed E-state index contributed by atoms with van der Waals surface area (Å²) in [6, 6.07) is 17.0. The fourth-order valence-corrected chi connectivity index (χ4v) is 4.33. The van der Waals surface area contributed by atoms with Crippen molar-refractivity contribution in [1.29, 1.82) is 0 Å². The number of hydrogen-bond donors (Lipinski definition) is 1. The molecule has 8 heteroatoms. The van der Waals surface area contributed by atoms with E-state index in [9.17, 15) is 14.4 Å². The second-order valence-electron chi connectivity index (χ2n) is 7.11. The van der Waals surface area contributed by atoms with Crippen LogP contribution in [0.15, 0.2) is 64.5 Å². The summed E-state index contributed by atoms with van der Waals surface area (Å²) in [5.41, 5.74) is 2.25. The van der Waals surface area contributed by atoms with Gasteiger partial charge >= 0.3 is 5.69 Å². The first-order chi connectivity index (χ1) is 14.6. The van der Waals surface area contributed by atoms with Crippen LogP contribution in [-0.2, 0) is 17.8 Å². The first-order valence-corrected chi connectivity index (χ1v) is 10.9. The van der Waals surface area contributed by atoms with Crippen LogP contribution in [0.5, 0.6) is 0 Å². The minimum absolute atomic E-state index is 0.0515. The van der Waals surface area contributed by atoms with Gasteiger partial charge in [0.25, 0.3) is 0 Å². The Bertz CT molecular complexity index is 1090. The summed E-state index contributed by atoms with van der Waals surface area (Å²) in [7, 11) is 0. The number of amides is 1. The highest BCUT2D eigenvalue weighted by Gasteiger charge is 2.21. The predicted octanol–water partition coefficient (Wildman–Crippen LogP) is 2.92. The Kier molecular flexibility index (Phi) is 6.13. The molecule has 7 nitrogen and oxygen atoms in total. The fraction of sp³-hybridized carbons (Fsp3) is 0.273. The number of hydrogen-bond acceptors (Lipinski definition) is 5. The number of nitrogens with zero attached hydrogens (tertiary/aromatic N) is 3. The van der Waals surface area contributed by atoms with E-state index in [1.165, 1.54) is 11.8 Å². The van der Waals surface area contributed by atoms with E-state index < -0.39 is 0 Å². The van der Waals surface area contributed by atoms with Gasteiger partial charge in [0.1, 0.15) is 0 Å². The van der Waals surface area contributed by atoms with Gasteiger partial charge in [-0.3, -0.25) is 14.2 Å². The van der Waals surface area contributed by atoms with Crippen LogP contribution in [0.4, 0.5) is 5.69 Å². The number of H-pyrrole nitrogens is 1. The van der Waals surface area contributed by atoms with E-state index in [1.807, 2.05) is 42.5 Å². The van der Waals surface area contributed by atoms with Crippen molar-refractivity contribution in [2.24, 2.45) is 0 Å². The molecule has 1 fully saturated rings. The van der Waals surface area contributed by atoms with Crippen molar-refractivity contribution in [2.75, 3.05) is 17.2 Å². The van der Waals surface area contributed by atoms with Crippen LogP contribution in [0.25, 0.3) is 0 Å². The minimum atomic E-state index is -0.277. The van der Waals surface area contributed by atoms with Crippen molar-refractivity contribution >= 4 is 29.1 Å². The second kappa shape index (κ2) is 9.13. The predicted molar refractivity (Wildman–Crippen MR) is 116 cm³/mol. The summed E-state index contributed by atoms with van der Waals surface area (Å²) >= 11 is 1.24. The molecular weight excluding hydrogens is 400 g/mol. The molecule has 30 heavy (non-hydrogen) atoms. The van der Waals surface area contributed by atoms with E-state index in [0.29, 0.717) is 30.1 Å². The molecule has 0 radical (unpaired) electrons. The number of aryl methyl sites for hydroxylation is 1. The number of rotatable bonds is 8. The molecule has 0 spiro atoms. The van der Waals surface area contributed by atoms with Gasteiger partial charge in [0.15, 0.2) is 10.9 Å². The highest BCUT2D eigenvalue weighted by atomic mass is 32.2. The maximum atomic E-state index is 12.6. The van der Waals surface area contributed by atoms with E-state index >= 15 is 0 Å². The molecular formula is C22H22N4O3S. The number of carbonyl (C=O) groups excluding carboxylic acids is 2. The SMILES string of the molecule is O=C(CSc1n[nH]c(=O)n1CCc1ccccc1)c1ccc(N2CCCC2=O)cc1. The first-order valence-electron chi connectivity index (χ1n) is 9.87. The van der Waals surface area contributed by atoms with Crippen molar-refractivity contribution in [2.45, 2.75) is 31.0 Å².